The summed E-state index contributed by atoms with van der Waals surface area (Å²) in [6.45, 7) is 2.16. The van der Waals surface area contributed by atoms with Gasteiger partial charge in [0, 0.05) is 46.9 Å². The Morgan fingerprint density at radius 3 is 2.70 bits per heavy atom. The number of nitrogens with zero attached hydrogens (tertiary/aromatic N) is 1. The van der Waals surface area contributed by atoms with E-state index in [-0.39, 0.29) is 17.8 Å². The van der Waals surface area contributed by atoms with Gasteiger partial charge >= 0.3 is 5.97 Å². The number of rotatable bonds is 3. The highest BCUT2D eigenvalue weighted by molar-refractivity contribution is 6.06. The predicted molar refractivity (Wildman–Crippen MR) is 129 cm³/mol. The van der Waals surface area contributed by atoms with E-state index >= 15 is 0 Å². The van der Waals surface area contributed by atoms with Gasteiger partial charge in [-0.2, -0.15) is 0 Å². The maximum Gasteiger partial charge on any atom is 0.309 e. The van der Waals surface area contributed by atoms with Crippen molar-refractivity contribution in [3.63, 3.8) is 0 Å². The Hall–Kier alpha value is -3.60. The molecule has 0 aromatic heterocycles. The molecule has 0 radical (unpaired) electrons. The van der Waals surface area contributed by atoms with Crippen molar-refractivity contribution in [3.8, 4) is 22.5 Å². The Morgan fingerprint density at radius 2 is 1.85 bits per heavy atom. The molecule has 0 fully saturated rings. The van der Waals surface area contributed by atoms with Gasteiger partial charge in [0.15, 0.2) is 5.43 Å². The van der Waals surface area contributed by atoms with Crippen molar-refractivity contribution in [2.24, 2.45) is 0 Å². The summed E-state index contributed by atoms with van der Waals surface area (Å²) in [4.78, 5) is 26.9. The van der Waals surface area contributed by atoms with E-state index in [1.54, 1.807) is 12.1 Å². The van der Waals surface area contributed by atoms with Gasteiger partial charge < -0.3 is 14.1 Å². The van der Waals surface area contributed by atoms with Crippen molar-refractivity contribution in [2.75, 3.05) is 25.1 Å². The number of ether oxygens (including phenoxy) is 1. The highest BCUT2D eigenvalue weighted by atomic mass is 16.5. The first-order valence-corrected chi connectivity index (χ1v) is 11.6. The molecule has 5 nitrogen and oxygen atoms in total. The number of aryl methyl sites for hydroxylation is 2. The molecule has 2 aromatic rings. The van der Waals surface area contributed by atoms with Gasteiger partial charge in [0.25, 0.3) is 0 Å². The van der Waals surface area contributed by atoms with Gasteiger partial charge in [-0.05, 0) is 60.6 Å². The van der Waals surface area contributed by atoms with Crippen molar-refractivity contribution in [3.05, 3.63) is 75.4 Å². The lowest BCUT2D eigenvalue weighted by atomic mass is 9.85. The van der Waals surface area contributed by atoms with Crippen LogP contribution in [0.5, 0.6) is 0 Å². The van der Waals surface area contributed by atoms with Gasteiger partial charge in [-0.15, -0.1) is 0 Å². The number of methoxy groups -OCH3 is 1. The zero-order chi connectivity index (χ0) is 22.5. The lowest BCUT2D eigenvalue weighted by Crippen LogP contribution is -2.34. The molecule has 1 aliphatic carbocycles. The first-order valence-electron chi connectivity index (χ1n) is 11.6. The van der Waals surface area contributed by atoms with Crippen molar-refractivity contribution in [1.82, 2.24) is 0 Å². The van der Waals surface area contributed by atoms with Crippen LogP contribution < -0.4 is 10.3 Å². The number of carbonyl (C=O) groups excluding carboxylic acids is 1. The highest BCUT2D eigenvalue weighted by Crippen LogP contribution is 2.47. The van der Waals surface area contributed by atoms with Gasteiger partial charge in [-0.3, -0.25) is 9.59 Å². The number of benzene rings is 3. The van der Waals surface area contributed by atoms with E-state index in [2.05, 4.69) is 17.0 Å². The van der Waals surface area contributed by atoms with Crippen LogP contribution in [-0.2, 0) is 28.8 Å². The van der Waals surface area contributed by atoms with Crippen LogP contribution in [0.4, 0.5) is 5.69 Å². The summed E-state index contributed by atoms with van der Waals surface area (Å²) in [5, 5.41) is 1.05. The fourth-order valence-corrected chi connectivity index (χ4v) is 5.62. The normalized spacial score (nSPS) is 15.0. The third-order valence-electron chi connectivity index (χ3n) is 7.03. The molecule has 2 aromatic carbocycles. The summed E-state index contributed by atoms with van der Waals surface area (Å²) < 4.78 is 11.4. The molecule has 4 aliphatic rings. The number of esters is 1. The van der Waals surface area contributed by atoms with Crippen LogP contribution in [0.15, 0.2) is 57.7 Å². The van der Waals surface area contributed by atoms with Crippen LogP contribution in [-0.4, -0.2) is 26.2 Å². The summed E-state index contributed by atoms with van der Waals surface area (Å²) in [5.41, 5.74) is 8.51. The summed E-state index contributed by atoms with van der Waals surface area (Å²) in [6, 6.07) is 15.2. The van der Waals surface area contributed by atoms with E-state index in [1.807, 2.05) is 24.3 Å². The minimum Gasteiger partial charge on any atom is -0.469 e. The lowest BCUT2D eigenvalue weighted by molar-refractivity contribution is -0.139. The molecule has 0 N–H and O–H groups in total. The Morgan fingerprint density at radius 1 is 1.03 bits per heavy atom. The molecule has 0 saturated carbocycles. The third-order valence-corrected chi connectivity index (χ3v) is 7.03. The fourth-order valence-electron chi connectivity index (χ4n) is 5.62. The van der Waals surface area contributed by atoms with Crippen LogP contribution in [0, 0.1) is 0 Å². The van der Waals surface area contributed by atoms with Crippen LogP contribution >= 0.6 is 0 Å². The fraction of sp³-hybridized carbons (Fsp3) is 0.286. The van der Waals surface area contributed by atoms with E-state index in [0.29, 0.717) is 5.76 Å². The molecule has 166 valence electrons. The number of hydrogen-bond acceptors (Lipinski definition) is 5. The van der Waals surface area contributed by atoms with Crippen molar-refractivity contribution in [2.45, 2.75) is 32.1 Å². The standard InChI is InChI=1S/C28H25NO4/c1-32-25(31)15-17-6-2-3-8-20(17)26-21-11-10-19(30)16-24(21)33-28-22-9-5-13-29-12-4-7-18(27(22)29)14-23(26)28/h2-3,6,8,10-11,14,16H,4-5,7,9,12-13,15H2,1H3. The predicted octanol–water partition coefficient (Wildman–Crippen LogP) is 4.98. The molecule has 0 bridgehead atoms. The molecule has 0 amide bonds. The third kappa shape index (κ3) is 3.22. The van der Waals surface area contributed by atoms with Gasteiger partial charge in [0.2, 0.25) is 0 Å². The number of hydrogen-bond donors (Lipinski definition) is 0. The number of carbonyl (C=O) groups is 1. The van der Waals surface area contributed by atoms with Gasteiger partial charge in [-0.25, -0.2) is 0 Å². The summed E-state index contributed by atoms with van der Waals surface area (Å²) in [7, 11) is 1.41. The Labute approximate surface area is 191 Å². The molecular weight excluding hydrogens is 414 g/mol. The highest BCUT2D eigenvalue weighted by Gasteiger charge is 2.29. The minimum atomic E-state index is -0.276. The monoisotopic (exact) mass is 439 g/mol. The van der Waals surface area contributed by atoms with E-state index in [0.717, 1.165) is 72.0 Å². The Kier molecular flexibility index (Phi) is 4.72. The molecule has 0 saturated heterocycles. The smallest absolute Gasteiger partial charge is 0.309 e. The quantitative estimate of drug-likeness (QED) is 0.333. The molecule has 0 unspecified atom stereocenters. The summed E-state index contributed by atoms with van der Waals surface area (Å²) in [6.07, 6.45) is 4.44. The molecular formula is C28H25NO4. The summed E-state index contributed by atoms with van der Waals surface area (Å²) in [5.74, 6) is 0.309. The van der Waals surface area contributed by atoms with Gasteiger partial charge in [0.1, 0.15) is 11.3 Å². The summed E-state index contributed by atoms with van der Waals surface area (Å²) >= 11 is 0. The zero-order valence-corrected chi connectivity index (χ0v) is 18.6. The molecule has 5 heteroatoms. The second kappa shape index (κ2) is 7.77. The van der Waals surface area contributed by atoms with E-state index < -0.39 is 0 Å². The number of anilines is 1. The largest absolute Gasteiger partial charge is 0.469 e. The van der Waals surface area contributed by atoms with Crippen LogP contribution in [0.3, 0.4) is 0 Å². The first-order chi connectivity index (χ1) is 16.1. The van der Waals surface area contributed by atoms with Gasteiger partial charge in [0.05, 0.1) is 13.5 Å². The number of fused-ring (bicyclic) bond motifs is 3. The average Bonchev–Trinajstić information content (AvgIpc) is 2.84. The maximum atomic E-state index is 12.2. The molecule has 3 aliphatic heterocycles. The van der Waals surface area contributed by atoms with E-state index in [1.165, 1.54) is 23.9 Å². The lowest BCUT2D eigenvalue weighted by Gasteiger charge is -2.37. The van der Waals surface area contributed by atoms with Crippen LogP contribution in [0.2, 0.25) is 0 Å². The Balaban J connectivity index is 1.74. The molecule has 0 atom stereocenters. The zero-order valence-electron chi connectivity index (χ0n) is 18.6. The van der Waals surface area contributed by atoms with Crippen LogP contribution in [0.25, 0.3) is 33.4 Å². The Bertz CT molecular complexity index is 1430. The SMILES string of the molecule is COC(=O)Cc1ccccc1-c1c2ccc(=O)cc-2oc2c3c4c(cc12)CCCN4CCC3. The average molecular weight is 440 g/mol. The topological polar surface area (TPSA) is 59.8 Å². The first kappa shape index (κ1) is 20.0. The second-order valence-electron chi connectivity index (χ2n) is 8.98. The van der Waals surface area contributed by atoms with E-state index in [9.17, 15) is 9.59 Å². The molecule has 6 rings (SSSR count). The van der Waals surface area contributed by atoms with Crippen molar-refractivity contribution < 1.29 is 13.9 Å². The molecule has 33 heavy (non-hydrogen) atoms. The van der Waals surface area contributed by atoms with Gasteiger partial charge in [-0.1, -0.05) is 24.3 Å². The molecule has 3 heterocycles. The van der Waals surface area contributed by atoms with E-state index in [4.69, 9.17) is 9.15 Å². The van der Waals surface area contributed by atoms with Crippen molar-refractivity contribution in [1.29, 1.82) is 0 Å². The minimum absolute atomic E-state index is 0.0763. The second-order valence-corrected chi connectivity index (χ2v) is 8.98. The molecule has 0 spiro atoms. The van der Waals surface area contributed by atoms with Crippen molar-refractivity contribution >= 4 is 22.6 Å². The maximum absolute atomic E-state index is 12.2. The van der Waals surface area contributed by atoms with Crippen LogP contribution in [0.1, 0.15) is 29.5 Å².